The third-order valence-corrected chi connectivity index (χ3v) is 4.08. The first-order valence-corrected chi connectivity index (χ1v) is 8.45. The highest BCUT2D eigenvalue weighted by Gasteiger charge is 2.14. The lowest BCUT2D eigenvalue weighted by Crippen LogP contribution is -2.36. The molecule has 0 atom stereocenters. The van der Waals surface area contributed by atoms with Gasteiger partial charge >= 0.3 is 0 Å². The number of ether oxygens (including phenoxy) is 1. The van der Waals surface area contributed by atoms with Gasteiger partial charge in [0.15, 0.2) is 5.78 Å². The topological polar surface area (TPSA) is 29.5 Å². The number of rotatable bonds is 3. The van der Waals surface area contributed by atoms with E-state index in [0.29, 0.717) is 5.57 Å². The Balaban J connectivity index is 1.94. The van der Waals surface area contributed by atoms with Gasteiger partial charge in [-0.1, -0.05) is 48.2 Å². The minimum atomic E-state index is -0.0276. The molecule has 3 rings (SSSR count). The Morgan fingerprint density at radius 1 is 1.04 bits per heavy atom. The van der Waals surface area contributed by atoms with Crippen LogP contribution in [0.5, 0.6) is 0 Å². The summed E-state index contributed by atoms with van der Waals surface area (Å²) in [6, 6.07) is 17.8. The summed E-state index contributed by atoms with van der Waals surface area (Å²) in [5, 5.41) is 0. The van der Waals surface area contributed by atoms with E-state index in [4.69, 9.17) is 4.74 Å². The van der Waals surface area contributed by atoms with Crippen molar-refractivity contribution in [2.45, 2.75) is 6.92 Å². The van der Waals surface area contributed by atoms with E-state index in [1.807, 2.05) is 54.6 Å². The number of Topliss-reactive ketones (excluding diaryl/α,β-unsaturated/α-hetero) is 1. The Hall–Kier alpha value is -2.83. The zero-order valence-corrected chi connectivity index (χ0v) is 14.4. The third kappa shape index (κ3) is 4.59. The molecular formula is C22H21NO2. The van der Waals surface area contributed by atoms with E-state index in [9.17, 15) is 4.79 Å². The molecule has 25 heavy (non-hydrogen) atoms. The van der Waals surface area contributed by atoms with Gasteiger partial charge in [-0.15, -0.1) is 0 Å². The zero-order valence-electron chi connectivity index (χ0n) is 14.4. The Kier molecular flexibility index (Phi) is 5.66. The van der Waals surface area contributed by atoms with Crippen molar-refractivity contribution >= 4 is 17.5 Å². The quantitative estimate of drug-likeness (QED) is 0.636. The molecule has 0 radical (unpaired) electrons. The highest BCUT2D eigenvalue weighted by Crippen LogP contribution is 2.24. The molecule has 1 aliphatic rings. The summed E-state index contributed by atoms with van der Waals surface area (Å²) in [6.45, 7) is 4.73. The number of anilines is 1. The molecule has 0 spiro atoms. The van der Waals surface area contributed by atoms with E-state index >= 15 is 0 Å². The molecule has 1 fully saturated rings. The molecule has 0 aliphatic carbocycles. The van der Waals surface area contributed by atoms with Crippen LogP contribution in [0.3, 0.4) is 0 Å². The average molecular weight is 331 g/mol. The molecule has 0 saturated carbocycles. The number of carbonyl (C=O) groups is 1. The third-order valence-electron chi connectivity index (χ3n) is 4.08. The fourth-order valence-corrected chi connectivity index (χ4v) is 2.74. The van der Waals surface area contributed by atoms with Gasteiger partial charge in [-0.25, -0.2) is 0 Å². The Morgan fingerprint density at radius 3 is 2.44 bits per heavy atom. The maximum absolute atomic E-state index is 12.1. The van der Waals surface area contributed by atoms with Gasteiger partial charge in [0.05, 0.1) is 18.8 Å². The first-order chi connectivity index (χ1) is 12.2. The van der Waals surface area contributed by atoms with Crippen LogP contribution in [0.15, 0.2) is 60.2 Å². The Bertz CT molecular complexity index is 822. The van der Waals surface area contributed by atoms with Gasteiger partial charge in [0.25, 0.3) is 0 Å². The second-order valence-corrected chi connectivity index (χ2v) is 5.89. The molecule has 126 valence electrons. The van der Waals surface area contributed by atoms with E-state index in [-0.39, 0.29) is 5.78 Å². The molecule has 1 aliphatic heterocycles. The fraction of sp³-hybridized carbons (Fsp3) is 0.227. The molecule has 2 aromatic rings. The lowest BCUT2D eigenvalue weighted by atomic mass is 10.0. The minimum Gasteiger partial charge on any atom is -0.378 e. The van der Waals surface area contributed by atoms with Crippen molar-refractivity contribution in [3.05, 3.63) is 71.3 Å². The highest BCUT2D eigenvalue weighted by molar-refractivity contribution is 6.03. The zero-order chi connectivity index (χ0) is 17.5. The standard InChI is InChI=1S/C22H21NO2/c1-18(24)20(12-11-19-7-3-2-4-8-19)17-21-9-5-6-10-22(21)23-13-15-25-16-14-23/h2-10,17H,13-16H2,1H3/b20-17+. The van der Waals surface area contributed by atoms with Crippen LogP contribution < -0.4 is 4.90 Å². The van der Waals surface area contributed by atoms with Crippen molar-refractivity contribution in [1.29, 1.82) is 0 Å². The van der Waals surface area contributed by atoms with Crippen LogP contribution in [0, 0.1) is 11.8 Å². The van der Waals surface area contributed by atoms with E-state index < -0.39 is 0 Å². The maximum Gasteiger partial charge on any atom is 0.168 e. The van der Waals surface area contributed by atoms with Gasteiger partial charge in [0.2, 0.25) is 0 Å². The second-order valence-electron chi connectivity index (χ2n) is 5.89. The molecule has 3 heteroatoms. The van der Waals surface area contributed by atoms with Crippen LogP contribution in [0.2, 0.25) is 0 Å². The van der Waals surface area contributed by atoms with Crippen molar-refractivity contribution < 1.29 is 9.53 Å². The van der Waals surface area contributed by atoms with E-state index in [0.717, 1.165) is 43.1 Å². The van der Waals surface area contributed by atoms with Gasteiger partial charge in [-0.3, -0.25) is 4.79 Å². The lowest BCUT2D eigenvalue weighted by Gasteiger charge is -2.30. The largest absolute Gasteiger partial charge is 0.378 e. The van der Waals surface area contributed by atoms with Gasteiger partial charge in [-0.05, 0) is 36.8 Å². The monoisotopic (exact) mass is 331 g/mol. The molecule has 0 bridgehead atoms. The van der Waals surface area contributed by atoms with Gasteiger partial charge in [0, 0.05) is 24.3 Å². The Morgan fingerprint density at radius 2 is 1.72 bits per heavy atom. The predicted molar refractivity (Wildman–Crippen MR) is 101 cm³/mol. The number of morpholine rings is 1. The Labute approximate surface area is 148 Å². The van der Waals surface area contributed by atoms with Gasteiger partial charge in [0.1, 0.15) is 0 Å². The summed E-state index contributed by atoms with van der Waals surface area (Å²) in [5.41, 5.74) is 3.55. The number of hydrogen-bond acceptors (Lipinski definition) is 3. The van der Waals surface area contributed by atoms with Crippen molar-refractivity contribution in [2.75, 3.05) is 31.2 Å². The minimum absolute atomic E-state index is 0.0276. The normalized spacial score (nSPS) is 14.6. The lowest BCUT2D eigenvalue weighted by molar-refractivity contribution is -0.113. The number of ketones is 1. The van der Waals surface area contributed by atoms with Gasteiger partial charge in [-0.2, -0.15) is 0 Å². The summed E-state index contributed by atoms with van der Waals surface area (Å²) in [5.74, 6) is 6.08. The smallest absolute Gasteiger partial charge is 0.168 e. The van der Waals surface area contributed by atoms with Crippen LogP contribution in [0.1, 0.15) is 18.1 Å². The summed E-state index contributed by atoms with van der Waals surface area (Å²) < 4.78 is 5.43. The number of allylic oxidation sites excluding steroid dienone is 1. The predicted octanol–water partition coefficient (Wildman–Crippen LogP) is 3.55. The number of hydrogen-bond donors (Lipinski definition) is 0. The molecule has 0 amide bonds. The molecule has 0 aromatic heterocycles. The number of nitrogens with zero attached hydrogens (tertiary/aromatic N) is 1. The number of para-hydroxylation sites is 1. The first-order valence-electron chi connectivity index (χ1n) is 8.45. The fourth-order valence-electron chi connectivity index (χ4n) is 2.74. The molecule has 1 heterocycles. The molecule has 3 nitrogen and oxygen atoms in total. The van der Waals surface area contributed by atoms with Crippen molar-refractivity contribution in [1.82, 2.24) is 0 Å². The molecule has 1 saturated heterocycles. The summed E-state index contributed by atoms with van der Waals surface area (Å²) in [7, 11) is 0. The summed E-state index contributed by atoms with van der Waals surface area (Å²) in [4.78, 5) is 14.3. The second kappa shape index (κ2) is 8.32. The molecule has 0 unspecified atom stereocenters. The van der Waals surface area contributed by atoms with E-state index in [1.54, 1.807) is 6.92 Å². The van der Waals surface area contributed by atoms with Crippen LogP contribution in [0.4, 0.5) is 5.69 Å². The van der Waals surface area contributed by atoms with E-state index in [2.05, 4.69) is 22.8 Å². The van der Waals surface area contributed by atoms with Crippen molar-refractivity contribution in [3.63, 3.8) is 0 Å². The van der Waals surface area contributed by atoms with Gasteiger partial charge < -0.3 is 9.64 Å². The van der Waals surface area contributed by atoms with Crippen LogP contribution in [0.25, 0.3) is 6.08 Å². The van der Waals surface area contributed by atoms with Crippen LogP contribution in [-0.2, 0) is 9.53 Å². The summed E-state index contributed by atoms with van der Waals surface area (Å²) >= 11 is 0. The van der Waals surface area contributed by atoms with E-state index in [1.165, 1.54) is 0 Å². The van der Waals surface area contributed by atoms with Crippen molar-refractivity contribution in [3.8, 4) is 11.8 Å². The SMILES string of the molecule is CC(=O)/C(C#Cc1ccccc1)=C/c1ccccc1N1CCOCC1. The maximum atomic E-state index is 12.1. The van der Waals surface area contributed by atoms with Crippen LogP contribution >= 0.6 is 0 Å². The molecule has 0 N–H and O–H groups in total. The average Bonchev–Trinajstić information content (AvgIpc) is 2.67. The number of benzene rings is 2. The molecule has 2 aromatic carbocycles. The van der Waals surface area contributed by atoms with Crippen LogP contribution in [-0.4, -0.2) is 32.1 Å². The summed E-state index contributed by atoms with van der Waals surface area (Å²) in [6.07, 6.45) is 1.89. The highest BCUT2D eigenvalue weighted by atomic mass is 16.5. The molecular weight excluding hydrogens is 310 g/mol. The number of carbonyl (C=O) groups excluding carboxylic acids is 1. The first kappa shape index (κ1) is 17.0. The van der Waals surface area contributed by atoms with Crippen molar-refractivity contribution in [2.24, 2.45) is 0 Å².